The van der Waals surface area contributed by atoms with E-state index in [1.165, 1.54) is 24.7 Å². The van der Waals surface area contributed by atoms with Crippen LogP contribution in [-0.4, -0.2) is 76.4 Å². The summed E-state index contributed by atoms with van der Waals surface area (Å²) in [7, 11) is 1.59. The van der Waals surface area contributed by atoms with Gasteiger partial charge in [0.15, 0.2) is 29.3 Å². The van der Waals surface area contributed by atoms with E-state index in [2.05, 4.69) is 20.3 Å². The van der Waals surface area contributed by atoms with Crippen molar-refractivity contribution >= 4 is 23.0 Å². The van der Waals surface area contributed by atoms with E-state index in [0.717, 1.165) is 0 Å². The molecule has 3 heterocycles. The van der Waals surface area contributed by atoms with Gasteiger partial charge in [0.1, 0.15) is 23.4 Å². The molecule has 0 radical (unpaired) electrons. The van der Waals surface area contributed by atoms with Gasteiger partial charge in [0.2, 0.25) is 5.82 Å². The fraction of sp³-hybridized carbons (Fsp3) is 0.562. The monoisotopic (exact) mass is 390 g/mol. The molecule has 0 amide bonds. The largest absolute Gasteiger partial charge is 0.479 e. The first-order valence-electron chi connectivity index (χ1n) is 8.39. The zero-order chi connectivity index (χ0) is 20.6. The molecule has 148 valence electrons. The molecule has 2 aromatic heterocycles. The van der Waals surface area contributed by atoms with Crippen molar-refractivity contribution in [2.75, 3.05) is 12.4 Å². The third kappa shape index (κ3) is 1.81. The lowest BCUT2D eigenvalue weighted by Gasteiger charge is -2.28. The topological polar surface area (TPSA) is 187 Å². The van der Waals surface area contributed by atoms with E-state index in [4.69, 9.17) is 9.84 Å². The Hall–Kier alpha value is -2.85. The second-order valence-electron chi connectivity index (χ2n) is 7.43. The van der Waals surface area contributed by atoms with Gasteiger partial charge < -0.3 is 30.5 Å². The van der Waals surface area contributed by atoms with Crippen molar-refractivity contribution < 1.29 is 30.0 Å². The van der Waals surface area contributed by atoms with Crippen LogP contribution in [0.25, 0.3) is 11.2 Å². The summed E-state index contributed by atoms with van der Waals surface area (Å²) in [5.41, 5.74) is -4.71. The van der Waals surface area contributed by atoms with E-state index in [1.807, 2.05) is 6.07 Å². The number of aromatic nitrogens is 4. The number of aliphatic hydroxyl groups excluding tert-OH is 1. The van der Waals surface area contributed by atoms with Gasteiger partial charge in [-0.15, -0.1) is 0 Å². The number of carboxylic acid groups (broad SMARTS) is 1. The molecule has 1 unspecified atom stereocenters. The molecule has 12 heteroatoms. The average molecular weight is 390 g/mol. The highest BCUT2D eigenvalue weighted by Crippen LogP contribution is 2.75. The molecule has 1 saturated carbocycles. The lowest BCUT2D eigenvalue weighted by molar-refractivity contribution is -0.174. The van der Waals surface area contributed by atoms with Gasteiger partial charge in [0.05, 0.1) is 6.33 Å². The molecule has 2 fully saturated rings. The van der Waals surface area contributed by atoms with Crippen molar-refractivity contribution in [3.05, 3.63) is 12.2 Å². The summed E-state index contributed by atoms with van der Waals surface area (Å²) in [5.74, 6) is -1.47. The molecule has 1 saturated heterocycles. The number of rotatable bonds is 4. The second kappa shape index (κ2) is 5.36. The van der Waals surface area contributed by atoms with Crippen molar-refractivity contribution in [1.82, 2.24) is 19.5 Å². The van der Waals surface area contributed by atoms with Crippen LogP contribution in [0.1, 0.15) is 25.9 Å². The number of hydrogen-bond donors (Lipinski definition) is 5. The van der Waals surface area contributed by atoms with Crippen LogP contribution in [-0.2, 0) is 9.53 Å². The number of aliphatic hydroxyl groups is 3. The maximum Gasteiger partial charge on any atom is 0.335 e. The minimum absolute atomic E-state index is 0.143. The highest BCUT2D eigenvalue weighted by molar-refractivity contribution is 5.83. The van der Waals surface area contributed by atoms with Crippen LogP contribution in [0.4, 0.5) is 5.82 Å². The van der Waals surface area contributed by atoms with E-state index in [0.29, 0.717) is 0 Å². The van der Waals surface area contributed by atoms with Crippen LogP contribution in [0.5, 0.6) is 0 Å². The summed E-state index contributed by atoms with van der Waals surface area (Å²) in [6, 6.07) is 1.82. The summed E-state index contributed by atoms with van der Waals surface area (Å²) < 4.78 is 6.91. The van der Waals surface area contributed by atoms with E-state index < -0.39 is 41.0 Å². The second-order valence-corrected chi connectivity index (χ2v) is 7.43. The number of ether oxygens (including phenoxy) is 1. The molecular formula is C16H18N6O6. The number of fused-ring (bicyclic) bond motifs is 2. The molecular weight excluding hydrogens is 372 g/mol. The first-order valence-corrected chi connectivity index (χ1v) is 8.39. The van der Waals surface area contributed by atoms with Gasteiger partial charge in [0, 0.05) is 12.5 Å². The Balaban J connectivity index is 1.89. The van der Waals surface area contributed by atoms with E-state index >= 15 is 0 Å². The Labute approximate surface area is 158 Å². The Kier molecular flexibility index (Phi) is 3.54. The van der Waals surface area contributed by atoms with Crippen LogP contribution in [0.3, 0.4) is 0 Å². The quantitative estimate of drug-likeness (QED) is 0.412. The lowest BCUT2D eigenvalue weighted by atomic mass is 9.97. The van der Waals surface area contributed by atoms with Gasteiger partial charge in [-0.05, 0) is 0 Å². The first-order chi connectivity index (χ1) is 13.1. The van der Waals surface area contributed by atoms with Gasteiger partial charge in [-0.2, -0.15) is 15.2 Å². The molecule has 4 rings (SSSR count). The molecule has 0 spiro atoms. The molecule has 28 heavy (non-hydrogen) atoms. The number of nitrogens with zero attached hydrogens (tertiary/aromatic N) is 5. The van der Waals surface area contributed by atoms with Gasteiger partial charge in [-0.25, -0.2) is 9.78 Å². The first kappa shape index (κ1) is 18.5. The number of carbonyl (C=O) groups is 1. The predicted molar refractivity (Wildman–Crippen MR) is 90.8 cm³/mol. The fourth-order valence-electron chi connectivity index (χ4n) is 4.31. The SMILES string of the molecule is CNc1nc(C#N)nc2c1ncn2[C@@H]1O[C@H](C(O)C(=O)O)[C@]2(O)C(C)(C)[C@]12O. The highest BCUT2D eigenvalue weighted by Gasteiger charge is 2.93. The molecule has 0 bridgehead atoms. The Bertz CT molecular complexity index is 1050. The summed E-state index contributed by atoms with van der Waals surface area (Å²) in [6.45, 7) is 3.08. The smallest absolute Gasteiger partial charge is 0.335 e. The number of imidazole rings is 1. The number of carboxylic acids is 1. The van der Waals surface area contributed by atoms with Crippen molar-refractivity contribution in [3.63, 3.8) is 0 Å². The van der Waals surface area contributed by atoms with Crippen LogP contribution in [0.15, 0.2) is 6.33 Å². The van der Waals surface area contributed by atoms with Crippen LogP contribution in [0.2, 0.25) is 0 Å². The van der Waals surface area contributed by atoms with Gasteiger partial charge >= 0.3 is 5.97 Å². The maximum atomic E-state index is 11.3. The minimum Gasteiger partial charge on any atom is -0.479 e. The fourth-order valence-corrected chi connectivity index (χ4v) is 4.31. The molecule has 2 aliphatic rings. The normalized spacial score (nSPS) is 33.9. The zero-order valence-electron chi connectivity index (χ0n) is 15.2. The molecule has 0 aromatic carbocycles. The van der Waals surface area contributed by atoms with E-state index in [9.17, 15) is 25.4 Å². The molecule has 1 aliphatic carbocycles. The van der Waals surface area contributed by atoms with Gasteiger partial charge in [-0.1, -0.05) is 13.8 Å². The van der Waals surface area contributed by atoms with Crippen molar-refractivity contribution in [1.29, 1.82) is 5.26 Å². The number of hydrogen-bond acceptors (Lipinski definition) is 10. The van der Waals surface area contributed by atoms with Crippen LogP contribution < -0.4 is 5.32 Å². The Morgan fingerprint density at radius 1 is 1.39 bits per heavy atom. The summed E-state index contributed by atoms with van der Waals surface area (Å²) >= 11 is 0. The Morgan fingerprint density at radius 2 is 2.07 bits per heavy atom. The number of nitriles is 1. The summed E-state index contributed by atoms with van der Waals surface area (Å²) in [4.78, 5) is 23.6. The van der Waals surface area contributed by atoms with Crippen molar-refractivity contribution in [2.45, 2.75) is 43.5 Å². The predicted octanol–water partition coefficient (Wildman–Crippen LogP) is -1.42. The van der Waals surface area contributed by atoms with Crippen molar-refractivity contribution in [3.8, 4) is 6.07 Å². The third-order valence-electron chi connectivity index (χ3n) is 6.02. The number of anilines is 1. The molecule has 5 N–H and O–H groups in total. The van der Waals surface area contributed by atoms with Gasteiger partial charge in [-0.3, -0.25) is 4.57 Å². The minimum atomic E-state index is -2.06. The number of nitrogens with one attached hydrogen (secondary N) is 1. The standard InChI is InChI=1S/C16H18N6O6/c1-14(2)15(26)9(8(23)12(24)25)28-13(16(14,15)27)22-5-19-7-10(18-3)20-6(4-17)21-11(7)22/h5,8-9,13,23,26-27H,1-3H3,(H,24,25)(H,18,20,21)/t8?,9-,13-,15+,16-/m1/s1. The van der Waals surface area contributed by atoms with E-state index in [1.54, 1.807) is 7.05 Å². The maximum absolute atomic E-state index is 11.3. The molecule has 5 atom stereocenters. The zero-order valence-corrected chi connectivity index (χ0v) is 15.2. The average Bonchev–Trinajstić information content (AvgIpc) is 3.02. The summed E-state index contributed by atoms with van der Waals surface area (Å²) in [6.07, 6.45) is -3.67. The molecule has 12 nitrogen and oxygen atoms in total. The van der Waals surface area contributed by atoms with Crippen LogP contribution >= 0.6 is 0 Å². The molecule has 1 aliphatic heterocycles. The summed E-state index contributed by atoms with van der Waals surface area (Å²) in [5, 5.41) is 53.5. The van der Waals surface area contributed by atoms with Gasteiger partial charge in [0.25, 0.3) is 0 Å². The van der Waals surface area contributed by atoms with Crippen molar-refractivity contribution in [2.24, 2.45) is 5.41 Å². The lowest BCUT2D eigenvalue weighted by Crippen LogP contribution is -2.46. The third-order valence-corrected chi connectivity index (χ3v) is 6.02. The van der Waals surface area contributed by atoms with Crippen LogP contribution in [0, 0.1) is 16.7 Å². The highest BCUT2D eigenvalue weighted by atomic mass is 16.6. The Morgan fingerprint density at radius 3 is 2.64 bits per heavy atom. The number of aliphatic carboxylic acids is 1. The molecule has 2 aromatic rings. The van der Waals surface area contributed by atoms with E-state index in [-0.39, 0.29) is 22.8 Å².